The lowest BCUT2D eigenvalue weighted by Crippen LogP contribution is -2.50. The quantitative estimate of drug-likeness (QED) is 0.407. The Labute approximate surface area is 206 Å². The van der Waals surface area contributed by atoms with Crippen LogP contribution in [-0.4, -0.2) is 33.9 Å². The maximum absolute atomic E-state index is 13.8. The first-order chi connectivity index (χ1) is 16.8. The Morgan fingerprint density at radius 3 is 2.03 bits per heavy atom. The Bertz CT molecular complexity index is 1380. The van der Waals surface area contributed by atoms with Crippen LogP contribution < -0.4 is 0 Å². The number of carbonyl (C=O) groups excluding carboxylic acids is 4. The van der Waals surface area contributed by atoms with Crippen molar-refractivity contribution < 1.29 is 23.9 Å². The van der Waals surface area contributed by atoms with Gasteiger partial charge in [-0.1, -0.05) is 77.8 Å². The van der Waals surface area contributed by atoms with Crippen molar-refractivity contribution in [2.24, 2.45) is 11.8 Å². The normalized spacial score (nSPS) is 24.4. The lowest BCUT2D eigenvalue weighted by Gasteiger charge is -2.27. The zero-order chi connectivity index (χ0) is 24.5. The monoisotopic (exact) mass is 485 g/mol. The number of nitrogens with zero attached hydrogens (tertiary/aromatic N) is 1. The van der Waals surface area contributed by atoms with E-state index >= 15 is 0 Å². The van der Waals surface area contributed by atoms with Crippen molar-refractivity contribution in [3.63, 3.8) is 0 Å². The molecule has 2 aliphatic heterocycles. The summed E-state index contributed by atoms with van der Waals surface area (Å²) >= 11 is 6.06. The van der Waals surface area contributed by atoms with Gasteiger partial charge in [-0.05, 0) is 30.2 Å². The molecule has 6 nitrogen and oxygen atoms in total. The molecule has 0 bridgehead atoms. The summed E-state index contributed by atoms with van der Waals surface area (Å²) < 4.78 is 6.25. The number of carbonyl (C=O) groups is 4. The van der Waals surface area contributed by atoms with E-state index in [4.69, 9.17) is 16.3 Å². The largest absolute Gasteiger partial charge is 0.349 e. The maximum Gasteiger partial charge on any atom is 0.237 e. The van der Waals surface area contributed by atoms with Crippen LogP contribution in [0, 0.1) is 18.8 Å². The number of halogens is 1. The average molecular weight is 486 g/mol. The van der Waals surface area contributed by atoms with Crippen molar-refractivity contribution in [2.45, 2.75) is 25.2 Å². The molecule has 3 aromatic rings. The first kappa shape index (κ1) is 21.9. The van der Waals surface area contributed by atoms with E-state index in [1.807, 2.05) is 31.2 Å². The smallest absolute Gasteiger partial charge is 0.237 e. The second-order valence-corrected chi connectivity index (χ2v) is 9.72. The number of ether oxygens (including phenoxy) is 1. The van der Waals surface area contributed by atoms with E-state index in [1.165, 1.54) is 0 Å². The Morgan fingerprint density at radius 1 is 0.829 bits per heavy atom. The van der Waals surface area contributed by atoms with Gasteiger partial charge in [0.1, 0.15) is 0 Å². The number of amides is 2. The third-order valence-corrected chi connectivity index (χ3v) is 7.52. The molecule has 0 unspecified atom stereocenters. The van der Waals surface area contributed by atoms with Crippen LogP contribution in [0.15, 0.2) is 72.8 Å². The van der Waals surface area contributed by atoms with Gasteiger partial charge in [0.2, 0.25) is 29.0 Å². The number of imide groups is 1. The first-order valence-corrected chi connectivity index (χ1v) is 11.7. The minimum atomic E-state index is -2.06. The van der Waals surface area contributed by atoms with E-state index in [1.54, 1.807) is 48.5 Å². The van der Waals surface area contributed by atoms with Crippen LogP contribution in [0.3, 0.4) is 0 Å². The Morgan fingerprint density at radius 2 is 1.43 bits per heavy atom. The topological polar surface area (TPSA) is 80.8 Å². The highest BCUT2D eigenvalue weighted by Crippen LogP contribution is 2.57. The van der Waals surface area contributed by atoms with E-state index < -0.39 is 46.9 Å². The second kappa shape index (κ2) is 7.70. The molecule has 1 aliphatic carbocycles. The van der Waals surface area contributed by atoms with Crippen LogP contribution >= 0.6 is 11.6 Å². The van der Waals surface area contributed by atoms with E-state index in [2.05, 4.69) is 0 Å². The number of ketones is 2. The molecule has 6 rings (SSSR count). The summed E-state index contributed by atoms with van der Waals surface area (Å²) in [6.45, 7) is 2.01. The highest BCUT2D eigenvalue weighted by molar-refractivity contribution is 6.35. The molecule has 2 fully saturated rings. The number of rotatable bonds is 3. The zero-order valence-corrected chi connectivity index (χ0v) is 19.5. The van der Waals surface area contributed by atoms with Gasteiger partial charge >= 0.3 is 0 Å². The molecule has 174 valence electrons. The molecule has 2 saturated heterocycles. The van der Waals surface area contributed by atoms with Gasteiger partial charge in [-0.25, -0.2) is 0 Å². The van der Waals surface area contributed by atoms with Gasteiger partial charge in [0.15, 0.2) is 0 Å². The SMILES string of the molecule is Cc1ccc(CN2C(=O)[C@H]3[C@@H](C2=O)C2(O[C@H]3c3ccc(Cl)cc3)C(=O)c3ccccc3C2=O)cc1. The van der Waals surface area contributed by atoms with Gasteiger partial charge in [-0.3, -0.25) is 24.1 Å². The van der Waals surface area contributed by atoms with Crippen LogP contribution in [0.25, 0.3) is 0 Å². The van der Waals surface area contributed by atoms with E-state index in [0.29, 0.717) is 10.6 Å². The number of benzene rings is 3. The molecule has 0 N–H and O–H groups in total. The van der Waals surface area contributed by atoms with Crippen molar-refractivity contribution >= 4 is 35.0 Å². The highest BCUT2D eigenvalue weighted by atomic mass is 35.5. The fourth-order valence-corrected chi connectivity index (χ4v) is 5.69. The number of fused-ring (bicyclic) bond motifs is 3. The molecule has 0 aromatic heterocycles. The predicted octanol–water partition coefficient (Wildman–Crippen LogP) is 4.34. The second-order valence-electron chi connectivity index (χ2n) is 9.28. The maximum atomic E-state index is 13.8. The zero-order valence-electron chi connectivity index (χ0n) is 18.7. The Hall–Kier alpha value is -3.61. The van der Waals surface area contributed by atoms with Crippen molar-refractivity contribution in [1.29, 1.82) is 0 Å². The molecule has 0 saturated carbocycles. The molecular weight excluding hydrogens is 466 g/mol. The van der Waals surface area contributed by atoms with E-state index in [9.17, 15) is 19.2 Å². The summed E-state index contributed by atoms with van der Waals surface area (Å²) in [5, 5.41) is 0.494. The van der Waals surface area contributed by atoms with Crippen molar-refractivity contribution in [2.75, 3.05) is 0 Å². The number of likely N-dealkylation sites (tertiary alicyclic amines) is 1. The van der Waals surface area contributed by atoms with Crippen molar-refractivity contribution in [1.82, 2.24) is 4.90 Å². The molecule has 3 aliphatic rings. The standard InChI is InChI=1S/C28H20ClNO5/c1-15-6-8-16(9-7-15)14-30-26(33)21-22(27(30)34)28(35-23(21)17-10-12-18(29)13-11-17)24(31)19-4-2-3-5-20(19)25(28)32/h2-13,21-23H,14H2,1H3/t21-,22-,23-/m0/s1. The minimum Gasteiger partial charge on any atom is -0.349 e. The van der Waals surface area contributed by atoms with Crippen molar-refractivity contribution in [3.05, 3.63) is 106 Å². The van der Waals surface area contributed by atoms with Crippen molar-refractivity contribution in [3.8, 4) is 0 Å². The fraction of sp³-hybridized carbons (Fsp3) is 0.214. The van der Waals surface area contributed by atoms with Crippen LogP contribution in [0.1, 0.15) is 43.5 Å². The molecular formula is C28H20ClNO5. The summed E-state index contributed by atoms with van der Waals surface area (Å²) in [6.07, 6.45) is -0.945. The third kappa shape index (κ3) is 3.00. The summed E-state index contributed by atoms with van der Waals surface area (Å²) in [6, 6.07) is 20.7. The molecule has 3 atom stereocenters. The first-order valence-electron chi connectivity index (χ1n) is 11.4. The molecule has 1 spiro atoms. The van der Waals surface area contributed by atoms with Gasteiger partial charge in [0, 0.05) is 16.1 Å². The van der Waals surface area contributed by atoms with Crippen LogP contribution in [0.5, 0.6) is 0 Å². The molecule has 0 radical (unpaired) electrons. The Kier molecular flexibility index (Phi) is 4.82. The van der Waals surface area contributed by atoms with E-state index in [0.717, 1.165) is 16.0 Å². The van der Waals surface area contributed by atoms with Gasteiger partial charge in [0.05, 0.1) is 24.5 Å². The number of Topliss-reactive ketones (excluding diaryl/α,β-unsaturated/α-hetero) is 2. The third-order valence-electron chi connectivity index (χ3n) is 7.27. The van der Waals surface area contributed by atoms with Crippen LogP contribution in [0.2, 0.25) is 5.02 Å². The lowest BCUT2D eigenvalue weighted by molar-refractivity contribution is -0.145. The lowest BCUT2D eigenvalue weighted by atomic mass is 9.77. The molecule has 2 heterocycles. The van der Waals surface area contributed by atoms with Gasteiger partial charge in [-0.15, -0.1) is 0 Å². The van der Waals surface area contributed by atoms with E-state index in [-0.39, 0.29) is 17.7 Å². The summed E-state index contributed by atoms with van der Waals surface area (Å²) in [5.41, 5.74) is 0.780. The number of hydrogen-bond acceptors (Lipinski definition) is 5. The van der Waals surface area contributed by atoms with Crippen LogP contribution in [0.4, 0.5) is 0 Å². The molecule has 2 amide bonds. The Balaban J connectivity index is 1.48. The van der Waals surface area contributed by atoms with Crippen LogP contribution in [-0.2, 0) is 20.9 Å². The molecule has 7 heteroatoms. The van der Waals surface area contributed by atoms with Gasteiger partial charge < -0.3 is 4.74 Å². The number of hydrogen-bond donors (Lipinski definition) is 0. The minimum absolute atomic E-state index is 0.0592. The predicted molar refractivity (Wildman–Crippen MR) is 127 cm³/mol. The fourth-order valence-electron chi connectivity index (χ4n) is 5.56. The summed E-state index contributed by atoms with van der Waals surface area (Å²) in [5.74, 6) is -4.39. The molecule has 3 aromatic carbocycles. The average Bonchev–Trinajstić information content (AvgIpc) is 3.42. The summed E-state index contributed by atoms with van der Waals surface area (Å²) in [7, 11) is 0. The highest BCUT2D eigenvalue weighted by Gasteiger charge is 2.74. The van der Waals surface area contributed by atoms with Gasteiger partial charge in [0.25, 0.3) is 0 Å². The summed E-state index contributed by atoms with van der Waals surface area (Å²) in [4.78, 5) is 56.1. The van der Waals surface area contributed by atoms with Gasteiger partial charge in [-0.2, -0.15) is 0 Å². The number of aryl methyl sites for hydroxylation is 1. The molecule has 35 heavy (non-hydrogen) atoms.